The fraction of sp³-hybridized carbons (Fsp3) is 0.818. The number of nitrogens with two attached hydrogens (primary N) is 1. The summed E-state index contributed by atoms with van der Waals surface area (Å²) in [5.41, 5.74) is 7.09. The summed E-state index contributed by atoms with van der Waals surface area (Å²) >= 11 is 0. The van der Waals surface area contributed by atoms with E-state index in [0.717, 1.165) is 13.0 Å². The highest BCUT2D eigenvalue weighted by atomic mass is 15.4. The number of aromatic nitrogens is 3. The fourth-order valence-electron chi connectivity index (χ4n) is 2.51. The topological polar surface area (TPSA) is 56.7 Å². The SMILES string of the molecule is N[C@H]1CC[C@@H](Cn2cc(C3CC3)nn2)C1. The van der Waals surface area contributed by atoms with E-state index in [-0.39, 0.29) is 0 Å². The van der Waals surface area contributed by atoms with Crippen LogP contribution < -0.4 is 5.73 Å². The standard InChI is InChI=1S/C11H18N4/c12-10-4-1-8(5-10)6-15-7-11(13-14-15)9-2-3-9/h7-10H,1-6,12H2/t8-,10+/m1/s1. The third kappa shape index (κ3) is 2.04. The average molecular weight is 206 g/mol. The molecule has 0 aliphatic heterocycles. The summed E-state index contributed by atoms with van der Waals surface area (Å²) < 4.78 is 2.01. The predicted molar refractivity (Wildman–Crippen MR) is 57.3 cm³/mol. The Morgan fingerprint density at radius 3 is 2.87 bits per heavy atom. The highest BCUT2D eigenvalue weighted by Gasteiger charge is 2.27. The molecule has 0 spiro atoms. The average Bonchev–Trinajstić information content (AvgIpc) is 2.84. The molecule has 1 aromatic heterocycles. The monoisotopic (exact) mass is 206 g/mol. The van der Waals surface area contributed by atoms with E-state index in [1.165, 1.54) is 31.4 Å². The third-order valence-electron chi connectivity index (χ3n) is 3.58. The molecule has 1 aromatic rings. The molecular formula is C11H18N4. The zero-order valence-electron chi connectivity index (χ0n) is 8.97. The zero-order chi connectivity index (χ0) is 10.3. The van der Waals surface area contributed by atoms with E-state index in [4.69, 9.17) is 5.73 Å². The quantitative estimate of drug-likeness (QED) is 0.810. The van der Waals surface area contributed by atoms with Gasteiger partial charge in [-0.25, -0.2) is 0 Å². The van der Waals surface area contributed by atoms with Crippen LogP contribution in [0.4, 0.5) is 0 Å². The predicted octanol–water partition coefficient (Wildman–Crippen LogP) is 1.28. The molecule has 0 amide bonds. The molecule has 2 atom stereocenters. The molecule has 0 radical (unpaired) electrons. The number of nitrogens with zero attached hydrogens (tertiary/aromatic N) is 3. The summed E-state index contributed by atoms with van der Waals surface area (Å²) in [5, 5.41) is 8.41. The molecule has 0 unspecified atom stereocenters. The summed E-state index contributed by atoms with van der Waals surface area (Å²) in [5.74, 6) is 1.43. The lowest BCUT2D eigenvalue weighted by atomic mass is 10.1. The van der Waals surface area contributed by atoms with E-state index in [0.29, 0.717) is 17.9 Å². The van der Waals surface area contributed by atoms with Gasteiger partial charge in [-0.05, 0) is 38.0 Å². The van der Waals surface area contributed by atoms with Crippen LogP contribution in [0.5, 0.6) is 0 Å². The number of hydrogen-bond donors (Lipinski definition) is 1. The summed E-state index contributed by atoms with van der Waals surface area (Å²) in [6, 6.07) is 0.418. The Morgan fingerprint density at radius 2 is 2.20 bits per heavy atom. The molecule has 4 nitrogen and oxygen atoms in total. The first-order chi connectivity index (χ1) is 7.31. The van der Waals surface area contributed by atoms with Crippen LogP contribution >= 0.6 is 0 Å². The van der Waals surface area contributed by atoms with Gasteiger partial charge in [0.25, 0.3) is 0 Å². The van der Waals surface area contributed by atoms with Gasteiger partial charge >= 0.3 is 0 Å². The van der Waals surface area contributed by atoms with Crippen LogP contribution in [0.2, 0.25) is 0 Å². The van der Waals surface area contributed by atoms with E-state index >= 15 is 0 Å². The second kappa shape index (κ2) is 3.59. The second-order valence-electron chi connectivity index (χ2n) is 5.08. The molecule has 15 heavy (non-hydrogen) atoms. The van der Waals surface area contributed by atoms with E-state index in [1.54, 1.807) is 0 Å². The highest BCUT2D eigenvalue weighted by molar-refractivity contribution is 5.08. The van der Waals surface area contributed by atoms with Gasteiger partial charge < -0.3 is 5.73 Å². The van der Waals surface area contributed by atoms with Gasteiger partial charge in [-0.1, -0.05) is 5.21 Å². The summed E-state index contributed by atoms with van der Waals surface area (Å²) in [7, 11) is 0. The van der Waals surface area contributed by atoms with Crippen molar-refractivity contribution in [1.29, 1.82) is 0 Å². The van der Waals surface area contributed by atoms with Gasteiger partial charge in [-0.2, -0.15) is 0 Å². The minimum atomic E-state index is 0.418. The summed E-state index contributed by atoms with van der Waals surface area (Å²) in [6.45, 7) is 1.01. The first-order valence-corrected chi connectivity index (χ1v) is 5.97. The molecule has 0 bridgehead atoms. The van der Waals surface area contributed by atoms with E-state index in [9.17, 15) is 0 Å². The van der Waals surface area contributed by atoms with Gasteiger partial charge in [0.1, 0.15) is 0 Å². The van der Waals surface area contributed by atoms with Crippen LogP contribution in [0, 0.1) is 5.92 Å². The maximum atomic E-state index is 5.90. The molecule has 1 heterocycles. The van der Waals surface area contributed by atoms with Crippen molar-refractivity contribution in [1.82, 2.24) is 15.0 Å². The number of hydrogen-bond acceptors (Lipinski definition) is 3. The fourth-order valence-corrected chi connectivity index (χ4v) is 2.51. The molecule has 2 N–H and O–H groups in total. The van der Waals surface area contributed by atoms with Crippen molar-refractivity contribution >= 4 is 0 Å². The van der Waals surface area contributed by atoms with Gasteiger partial charge in [-0.3, -0.25) is 4.68 Å². The minimum Gasteiger partial charge on any atom is -0.328 e. The Hall–Kier alpha value is -0.900. The molecule has 2 fully saturated rings. The van der Waals surface area contributed by atoms with Crippen LogP contribution in [0.1, 0.15) is 43.7 Å². The smallest absolute Gasteiger partial charge is 0.0857 e. The lowest BCUT2D eigenvalue weighted by Crippen LogP contribution is -2.16. The highest BCUT2D eigenvalue weighted by Crippen LogP contribution is 2.38. The lowest BCUT2D eigenvalue weighted by Gasteiger charge is -2.07. The third-order valence-corrected chi connectivity index (χ3v) is 3.58. The van der Waals surface area contributed by atoms with Gasteiger partial charge in [-0.15, -0.1) is 5.10 Å². The Balaban J connectivity index is 1.61. The van der Waals surface area contributed by atoms with Crippen molar-refractivity contribution in [2.75, 3.05) is 0 Å². The van der Waals surface area contributed by atoms with Gasteiger partial charge in [0.2, 0.25) is 0 Å². The molecule has 2 aliphatic carbocycles. The Labute approximate surface area is 89.8 Å². The molecular weight excluding hydrogens is 188 g/mol. The normalized spacial score (nSPS) is 31.0. The van der Waals surface area contributed by atoms with Crippen LogP contribution in [-0.4, -0.2) is 21.0 Å². The Morgan fingerprint density at radius 1 is 1.33 bits per heavy atom. The van der Waals surface area contributed by atoms with E-state index in [1.807, 2.05) is 4.68 Å². The molecule has 4 heteroatoms. The maximum absolute atomic E-state index is 5.90. The minimum absolute atomic E-state index is 0.418. The summed E-state index contributed by atoms with van der Waals surface area (Å²) in [4.78, 5) is 0. The van der Waals surface area contributed by atoms with Crippen molar-refractivity contribution in [3.63, 3.8) is 0 Å². The van der Waals surface area contributed by atoms with Crippen molar-refractivity contribution in [3.8, 4) is 0 Å². The summed E-state index contributed by atoms with van der Waals surface area (Å²) in [6.07, 6.45) is 8.30. The maximum Gasteiger partial charge on any atom is 0.0857 e. The lowest BCUT2D eigenvalue weighted by molar-refractivity contribution is 0.417. The largest absolute Gasteiger partial charge is 0.328 e. The molecule has 0 saturated heterocycles. The van der Waals surface area contributed by atoms with Crippen molar-refractivity contribution in [3.05, 3.63) is 11.9 Å². The van der Waals surface area contributed by atoms with Gasteiger partial charge in [0.05, 0.1) is 5.69 Å². The first kappa shape index (κ1) is 9.33. The molecule has 3 rings (SSSR count). The van der Waals surface area contributed by atoms with E-state index < -0.39 is 0 Å². The number of rotatable bonds is 3. The first-order valence-electron chi connectivity index (χ1n) is 5.97. The Kier molecular flexibility index (Phi) is 2.24. The molecule has 0 aromatic carbocycles. The van der Waals surface area contributed by atoms with Crippen molar-refractivity contribution < 1.29 is 0 Å². The van der Waals surface area contributed by atoms with Crippen LogP contribution in [0.25, 0.3) is 0 Å². The van der Waals surface area contributed by atoms with Crippen molar-refractivity contribution in [2.24, 2.45) is 11.7 Å². The molecule has 82 valence electrons. The Bertz CT molecular complexity index is 342. The van der Waals surface area contributed by atoms with E-state index in [2.05, 4.69) is 16.5 Å². The van der Waals surface area contributed by atoms with Crippen LogP contribution in [-0.2, 0) is 6.54 Å². The van der Waals surface area contributed by atoms with Crippen molar-refractivity contribution in [2.45, 2.75) is 50.6 Å². The molecule has 2 saturated carbocycles. The van der Waals surface area contributed by atoms with Gasteiger partial charge in [0.15, 0.2) is 0 Å². The molecule has 2 aliphatic rings. The van der Waals surface area contributed by atoms with Crippen LogP contribution in [0.15, 0.2) is 6.20 Å². The zero-order valence-corrected chi connectivity index (χ0v) is 8.97. The van der Waals surface area contributed by atoms with Crippen LogP contribution in [0.3, 0.4) is 0 Å². The second-order valence-corrected chi connectivity index (χ2v) is 5.08. The van der Waals surface area contributed by atoms with Gasteiger partial charge in [0, 0.05) is 24.7 Å².